The van der Waals surface area contributed by atoms with Gasteiger partial charge in [0, 0.05) is 38.1 Å². The van der Waals surface area contributed by atoms with E-state index in [1.807, 2.05) is 12.4 Å². The lowest BCUT2D eigenvalue weighted by atomic mass is 10.2. The molecule has 1 aliphatic rings. The fraction of sp³-hybridized carbons (Fsp3) is 0.500. The van der Waals surface area contributed by atoms with Crippen LogP contribution in [0.1, 0.15) is 12.0 Å². The van der Waals surface area contributed by atoms with Crippen molar-refractivity contribution in [3.05, 3.63) is 30.1 Å². The molecule has 0 radical (unpaired) electrons. The van der Waals surface area contributed by atoms with Gasteiger partial charge in [0.15, 0.2) is 0 Å². The second-order valence-corrected chi connectivity index (χ2v) is 3.64. The average molecular weight is 287 g/mol. The second-order valence-electron chi connectivity index (χ2n) is 3.64. The lowest BCUT2D eigenvalue weighted by Gasteiger charge is -2.14. The second kappa shape index (κ2) is 9.02. The topological polar surface area (TPSA) is 42.1 Å². The minimum Gasteiger partial charge on any atom is -0.326 e. The van der Waals surface area contributed by atoms with Gasteiger partial charge in [-0.25, -0.2) is 0 Å². The highest BCUT2D eigenvalue weighted by atomic mass is 35.5. The number of nitrogens with two attached hydrogens (primary N) is 1. The number of halogens is 3. The van der Waals surface area contributed by atoms with Gasteiger partial charge in [0.1, 0.15) is 0 Å². The van der Waals surface area contributed by atoms with Crippen LogP contribution in [0.5, 0.6) is 0 Å². The molecule has 1 unspecified atom stereocenters. The summed E-state index contributed by atoms with van der Waals surface area (Å²) in [6.07, 6.45) is 4.81. The molecule has 0 spiro atoms. The zero-order valence-electron chi connectivity index (χ0n) is 8.91. The van der Waals surface area contributed by atoms with E-state index in [1.165, 1.54) is 5.56 Å². The number of rotatable bonds is 2. The molecule has 3 nitrogen and oxygen atoms in total. The predicted molar refractivity (Wildman–Crippen MR) is 73.9 cm³/mol. The summed E-state index contributed by atoms with van der Waals surface area (Å²) in [5.74, 6) is 0. The van der Waals surface area contributed by atoms with Crippen molar-refractivity contribution in [1.82, 2.24) is 9.88 Å². The first-order chi connectivity index (χ1) is 6.34. The first-order valence-corrected chi connectivity index (χ1v) is 4.71. The molecule has 16 heavy (non-hydrogen) atoms. The van der Waals surface area contributed by atoms with E-state index in [2.05, 4.69) is 22.0 Å². The van der Waals surface area contributed by atoms with Crippen LogP contribution >= 0.6 is 37.2 Å². The van der Waals surface area contributed by atoms with Crippen molar-refractivity contribution in [2.24, 2.45) is 5.73 Å². The van der Waals surface area contributed by atoms with E-state index in [0.717, 1.165) is 26.1 Å². The Hall–Kier alpha value is -0.0600. The van der Waals surface area contributed by atoms with Gasteiger partial charge in [-0.05, 0) is 24.1 Å². The zero-order valence-corrected chi connectivity index (χ0v) is 11.4. The molecule has 1 atom stereocenters. The fourth-order valence-corrected chi connectivity index (χ4v) is 1.75. The highest BCUT2D eigenvalue weighted by Crippen LogP contribution is 2.10. The smallest absolute Gasteiger partial charge is 0.0271 e. The molecule has 1 aromatic heterocycles. The summed E-state index contributed by atoms with van der Waals surface area (Å²) in [4.78, 5) is 6.38. The van der Waals surface area contributed by atoms with Crippen LogP contribution in [-0.2, 0) is 6.54 Å². The van der Waals surface area contributed by atoms with Crippen molar-refractivity contribution in [1.29, 1.82) is 0 Å². The quantitative estimate of drug-likeness (QED) is 0.903. The average Bonchev–Trinajstić information content (AvgIpc) is 2.53. The SMILES string of the molecule is Cl.Cl.Cl.NC1CCN(Cc2ccncc2)C1. The van der Waals surface area contributed by atoms with Gasteiger partial charge < -0.3 is 5.73 Å². The van der Waals surface area contributed by atoms with E-state index < -0.39 is 0 Å². The summed E-state index contributed by atoms with van der Waals surface area (Å²) in [7, 11) is 0. The molecule has 0 aromatic carbocycles. The molecular weight excluding hydrogens is 268 g/mol. The fourth-order valence-electron chi connectivity index (χ4n) is 1.75. The van der Waals surface area contributed by atoms with Gasteiger partial charge >= 0.3 is 0 Å². The highest BCUT2D eigenvalue weighted by Gasteiger charge is 2.18. The Bertz CT molecular complexity index is 271. The molecule has 2 N–H and O–H groups in total. The van der Waals surface area contributed by atoms with Crippen LogP contribution in [0.25, 0.3) is 0 Å². The Labute approximate surface area is 115 Å². The Balaban J connectivity index is 0. The number of hydrogen-bond donors (Lipinski definition) is 1. The van der Waals surface area contributed by atoms with Crippen LogP contribution in [0.4, 0.5) is 0 Å². The van der Waals surface area contributed by atoms with E-state index >= 15 is 0 Å². The third kappa shape index (κ3) is 5.32. The summed E-state index contributed by atoms with van der Waals surface area (Å²) in [6.45, 7) is 3.17. The Morgan fingerprint density at radius 1 is 1.25 bits per heavy atom. The van der Waals surface area contributed by atoms with Crippen LogP contribution < -0.4 is 5.73 Å². The predicted octanol–water partition coefficient (Wildman–Crippen LogP) is 1.88. The van der Waals surface area contributed by atoms with Crippen molar-refractivity contribution in [2.75, 3.05) is 13.1 Å². The van der Waals surface area contributed by atoms with E-state index in [-0.39, 0.29) is 37.2 Å². The van der Waals surface area contributed by atoms with Crippen molar-refractivity contribution in [3.8, 4) is 0 Å². The van der Waals surface area contributed by atoms with E-state index in [4.69, 9.17) is 5.73 Å². The lowest BCUT2D eigenvalue weighted by Crippen LogP contribution is -2.26. The van der Waals surface area contributed by atoms with E-state index in [9.17, 15) is 0 Å². The largest absolute Gasteiger partial charge is 0.326 e. The molecule has 2 rings (SSSR count). The van der Waals surface area contributed by atoms with E-state index in [1.54, 1.807) is 0 Å². The first-order valence-electron chi connectivity index (χ1n) is 4.71. The van der Waals surface area contributed by atoms with Crippen LogP contribution in [0.3, 0.4) is 0 Å². The third-order valence-corrected chi connectivity index (χ3v) is 2.46. The number of nitrogens with zero attached hydrogens (tertiary/aromatic N) is 2. The van der Waals surface area contributed by atoms with Gasteiger partial charge in [0.05, 0.1) is 0 Å². The maximum Gasteiger partial charge on any atom is 0.0271 e. The Morgan fingerprint density at radius 2 is 1.88 bits per heavy atom. The summed E-state index contributed by atoms with van der Waals surface area (Å²) in [5, 5.41) is 0. The van der Waals surface area contributed by atoms with Gasteiger partial charge in [-0.2, -0.15) is 0 Å². The lowest BCUT2D eigenvalue weighted by molar-refractivity contribution is 0.327. The van der Waals surface area contributed by atoms with Gasteiger partial charge in [-0.15, -0.1) is 37.2 Å². The van der Waals surface area contributed by atoms with Gasteiger partial charge in [0.2, 0.25) is 0 Å². The Kier molecular flexibility index (Phi) is 10.3. The molecule has 2 heterocycles. The normalized spacial score (nSPS) is 19.2. The van der Waals surface area contributed by atoms with Crippen molar-refractivity contribution in [3.63, 3.8) is 0 Å². The van der Waals surface area contributed by atoms with Crippen LogP contribution in [0, 0.1) is 0 Å². The number of hydrogen-bond acceptors (Lipinski definition) is 3. The third-order valence-electron chi connectivity index (χ3n) is 2.46. The molecule has 1 aromatic rings. The Morgan fingerprint density at radius 3 is 2.38 bits per heavy atom. The minimum absolute atomic E-state index is 0. The number of aromatic nitrogens is 1. The maximum atomic E-state index is 5.82. The number of likely N-dealkylation sites (tertiary alicyclic amines) is 1. The summed E-state index contributed by atoms with van der Waals surface area (Å²) >= 11 is 0. The molecule has 0 aliphatic carbocycles. The van der Waals surface area contributed by atoms with Crippen molar-refractivity contribution in [2.45, 2.75) is 19.0 Å². The highest BCUT2D eigenvalue weighted by molar-refractivity contribution is 5.86. The van der Waals surface area contributed by atoms with Gasteiger partial charge in [-0.3, -0.25) is 9.88 Å². The first kappa shape index (κ1) is 18.3. The molecule has 94 valence electrons. The molecule has 0 saturated carbocycles. The molecule has 1 fully saturated rings. The molecule has 1 saturated heterocycles. The molecular formula is C10H18Cl3N3. The minimum atomic E-state index is 0. The summed E-state index contributed by atoms with van der Waals surface area (Å²) in [6, 6.07) is 4.50. The van der Waals surface area contributed by atoms with Gasteiger partial charge in [0.25, 0.3) is 0 Å². The number of pyridine rings is 1. The monoisotopic (exact) mass is 285 g/mol. The standard InChI is InChI=1S/C10H15N3.3ClH/c11-10-3-6-13(8-10)7-9-1-4-12-5-2-9;;;/h1-2,4-5,10H,3,6-8,11H2;3*1H. The zero-order chi connectivity index (χ0) is 9.10. The molecule has 6 heteroatoms. The van der Waals surface area contributed by atoms with Crippen molar-refractivity contribution < 1.29 is 0 Å². The molecule has 1 aliphatic heterocycles. The van der Waals surface area contributed by atoms with E-state index in [0.29, 0.717) is 6.04 Å². The summed E-state index contributed by atoms with van der Waals surface area (Å²) < 4.78 is 0. The molecule has 0 bridgehead atoms. The van der Waals surface area contributed by atoms with Gasteiger partial charge in [-0.1, -0.05) is 0 Å². The van der Waals surface area contributed by atoms with Crippen LogP contribution in [-0.4, -0.2) is 29.0 Å². The van der Waals surface area contributed by atoms with Crippen LogP contribution in [0.2, 0.25) is 0 Å². The van der Waals surface area contributed by atoms with Crippen molar-refractivity contribution >= 4 is 37.2 Å². The maximum absolute atomic E-state index is 5.82. The summed E-state index contributed by atoms with van der Waals surface area (Å²) in [5.41, 5.74) is 7.15. The van der Waals surface area contributed by atoms with Crippen LogP contribution in [0.15, 0.2) is 24.5 Å². The molecule has 0 amide bonds.